The minimum absolute atomic E-state index is 0.0619. The van der Waals surface area contributed by atoms with Gasteiger partial charge in [0.15, 0.2) is 5.78 Å². The quantitative estimate of drug-likeness (QED) is 0.792. The molecule has 130 valence electrons. The number of hydrogen-bond acceptors (Lipinski definition) is 3. The second kappa shape index (κ2) is 8.19. The zero-order valence-corrected chi connectivity index (χ0v) is 14.0. The van der Waals surface area contributed by atoms with Crippen LogP contribution in [0.1, 0.15) is 41.0 Å². The number of anilines is 1. The monoisotopic (exact) mass is 342 g/mol. The minimum atomic E-state index is -0.626. The van der Waals surface area contributed by atoms with Gasteiger partial charge in [0.2, 0.25) is 5.91 Å². The molecule has 1 unspecified atom stereocenters. The van der Waals surface area contributed by atoms with Crippen molar-refractivity contribution in [1.29, 1.82) is 0 Å². The Labute approximate surface area is 145 Å². The van der Waals surface area contributed by atoms with E-state index in [9.17, 15) is 18.8 Å². The lowest BCUT2D eigenvalue weighted by molar-refractivity contribution is -0.114. The molecule has 6 heteroatoms. The summed E-state index contributed by atoms with van der Waals surface area (Å²) < 4.78 is 13.6. The molecule has 0 aliphatic carbocycles. The van der Waals surface area contributed by atoms with Crippen LogP contribution < -0.4 is 10.6 Å². The van der Waals surface area contributed by atoms with Gasteiger partial charge in [-0.05, 0) is 25.1 Å². The molecule has 0 radical (unpaired) electrons. The van der Waals surface area contributed by atoms with Crippen molar-refractivity contribution < 1.29 is 18.8 Å². The summed E-state index contributed by atoms with van der Waals surface area (Å²) in [7, 11) is 0. The molecular weight excluding hydrogens is 323 g/mol. The predicted octanol–water partition coefficient (Wildman–Crippen LogP) is 3.18. The van der Waals surface area contributed by atoms with Gasteiger partial charge >= 0.3 is 0 Å². The highest BCUT2D eigenvalue weighted by molar-refractivity contribution is 5.99. The first-order valence-electron chi connectivity index (χ1n) is 7.83. The third-order valence-corrected chi connectivity index (χ3v) is 3.50. The Kier molecular flexibility index (Phi) is 6.00. The molecule has 2 amide bonds. The van der Waals surface area contributed by atoms with E-state index in [2.05, 4.69) is 10.6 Å². The number of ketones is 1. The van der Waals surface area contributed by atoms with E-state index in [1.165, 1.54) is 19.1 Å². The fourth-order valence-electron chi connectivity index (χ4n) is 2.33. The summed E-state index contributed by atoms with van der Waals surface area (Å²) in [5.74, 6) is -1.58. The van der Waals surface area contributed by atoms with E-state index in [0.717, 1.165) is 6.07 Å². The highest BCUT2D eigenvalue weighted by Crippen LogP contribution is 2.16. The normalized spacial score (nSPS) is 11.5. The van der Waals surface area contributed by atoms with Crippen molar-refractivity contribution in [2.24, 2.45) is 0 Å². The zero-order chi connectivity index (χ0) is 18.4. The van der Waals surface area contributed by atoms with Gasteiger partial charge in [-0.25, -0.2) is 4.39 Å². The lowest BCUT2D eigenvalue weighted by Crippen LogP contribution is -2.34. The zero-order valence-electron chi connectivity index (χ0n) is 14.0. The average molecular weight is 342 g/mol. The number of amides is 2. The fourth-order valence-corrected chi connectivity index (χ4v) is 2.33. The number of carbonyl (C=O) groups is 3. The van der Waals surface area contributed by atoms with Gasteiger partial charge in [0.25, 0.3) is 5.91 Å². The molecule has 2 rings (SSSR count). The summed E-state index contributed by atoms with van der Waals surface area (Å²) in [6, 6.07) is 12.1. The summed E-state index contributed by atoms with van der Waals surface area (Å²) in [4.78, 5) is 35.5. The van der Waals surface area contributed by atoms with Crippen LogP contribution in [-0.4, -0.2) is 23.6 Å². The van der Waals surface area contributed by atoms with E-state index in [4.69, 9.17) is 0 Å². The highest BCUT2D eigenvalue weighted by Gasteiger charge is 2.16. The summed E-state index contributed by atoms with van der Waals surface area (Å²) >= 11 is 0. The van der Waals surface area contributed by atoms with E-state index in [-0.39, 0.29) is 23.5 Å². The Balaban J connectivity index is 2.01. The number of carbonyl (C=O) groups excluding carboxylic acids is 3. The number of rotatable bonds is 6. The Morgan fingerprint density at radius 1 is 1.04 bits per heavy atom. The van der Waals surface area contributed by atoms with E-state index in [0.29, 0.717) is 5.56 Å². The third-order valence-electron chi connectivity index (χ3n) is 3.50. The molecule has 5 nitrogen and oxygen atoms in total. The Morgan fingerprint density at radius 3 is 2.36 bits per heavy atom. The molecule has 2 aromatic carbocycles. The van der Waals surface area contributed by atoms with Crippen LogP contribution >= 0.6 is 0 Å². The Hall–Kier alpha value is -3.02. The van der Waals surface area contributed by atoms with Crippen LogP contribution in [-0.2, 0) is 4.79 Å². The highest BCUT2D eigenvalue weighted by atomic mass is 19.1. The fraction of sp³-hybridized carbons (Fsp3) is 0.211. The molecule has 0 spiro atoms. The van der Waals surface area contributed by atoms with Gasteiger partial charge in [-0.1, -0.05) is 30.3 Å². The largest absolute Gasteiger partial charge is 0.349 e. The van der Waals surface area contributed by atoms with Crippen molar-refractivity contribution in [2.45, 2.75) is 26.3 Å². The van der Waals surface area contributed by atoms with Gasteiger partial charge < -0.3 is 10.6 Å². The third kappa shape index (κ3) is 5.24. The van der Waals surface area contributed by atoms with Crippen molar-refractivity contribution in [3.05, 3.63) is 65.5 Å². The topological polar surface area (TPSA) is 75.3 Å². The second-order valence-corrected chi connectivity index (χ2v) is 5.74. The van der Waals surface area contributed by atoms with Crippen LogP contribution in [0.4, 0.5) is 10.1 Å². The first kappa shape index (κ1) is 18.3. The van der Waals surface area contributed by atoms with Crippen molar-refractivity contribution in [3.63, 3.8) is 0 Å². The molecule has 2 aromatic rings. The van der Waals surface area contributed by atoms with Crippen LogP contribution in [0.3, 0.4) is 0 Å². The second-order valence-electron chi connectivity index (χ2n) is 5.74. The molecule has 0 aliphatic rings. The van der Waals surface area contributed by atoms with Crippen molar-refractivity contribution in [3.8, 4) is 0 Å². The van der Waals surface area contributed by atoms with Crippen LogP contribution in [0.15, 0.2) is 48.5 Å². The Bertz CT molecular complexity index is 791. The van der Waals surface area contributed by atoms with Crippen LogP contribution in [0.2, 0.25) is 0 Å². The van der Waals surface area contributed by atoms with Gasteiger partial charge in [-0.3, -0.25) is 14.4 Å². The summed E-state index contributed by atoms with van der Waals surface area (Å²) in [5, 5.41) is 5.03. The first-order chi connectivity index (χ1) is 11.9. The molecular formula is C19H19FN2O3. The number of nitrogens with one attached hydrogen (secondary N) is 2. The number of hydrogen-bond donors (Lipinski definition) is 2. The van der Waals surface area contributed by atoms with Crippen LogP contribution in [0, 0.1) is 5.82 Å². The van der Waals surface area contributed by atoms with Crippen LogP contribution in [0.25, 0.3) is 0 Å². The smallest absolute Gasteiger partial charge is 0.251 e. The van der Waals surface area contributed by atoms with Gasteiger partial charge in [-0.15, -0.1) is 0 Å². The molecule has 25 heavy (non-hydrogen) atoms. The molecule has 0 aromatic heterocycles. The minimum Gasteiger partial charge on any atom is -0.349 e. The molecule has 0 bridgehead atoms. The maximum absolute atomic E-state index is 13.6. The number of benzene rings is 2. The van der Waals surface area contributed by atoms with Gasteiger partial charge in [0.1, 0.15) is 5.82 Å². The van der Waals surface area contributed by atoms with Gasteiger partial charge in [0, 0.05) is 30.5 Å². The molecule has 2 N–H and O–H groups in total. The van der Waals surface area contributed by atoms with Crippen molar-refractivity contribution in [1.82, 2.24) is 5.32 Å². The van der Waals surface area contributed by atoms with E-state index >= 15 is 0 Å². The van der Waals surface area contributed by atoms with Crippen molar-refractivity contribution >= 4 is 23.3 Å². The summed E-state index contributed by atoms with van der Waals surface area (Å²) in [6.45, 7) is 2.97. The molecule has 0 aliphatic heterocycles. The lowest BCUT2D eigenvalue weighted by atomic mass is 10.0. The standard InChI is InChI=1S/C19H19FN2O3/c1-12(10-18(24)14-6-4-3-5-7-14)21-19(25)15-8-9-16(20)17(11-15)22-13(2)23/h3-9,11-12H,10H2,1-2H3,(H,21,25)(H,22,23). The van der Waals surface area contributed by atoms with Crippen LogP contribution in [0.5, 0.6) is 0 Å². The maximum Gasteiger partial charge on any atom is 0.251 e. The van der Waals surface area contributed by atoms with Gasteiger partial charge in [0.05, 0.1) is 5.69 Å². The number of Topliss-reactive ketones (excluding diaryl/α,β-unsaturated/α-hetero) is 1. The number of halogens is 1. The van der Waals surface area contributed by atoms with E-state index < -0.39 is 23.7 Å². The lowest BCUT2D eigenvalue weighted by Gasteiger charge is -2.14. The predicted molar refractivity (Wildman–Crippen MR) is 93.0 cm³/mol. The van der Waals surface area contributed by atoms with E-state index in [1.807, 2.05) is 6.07 Å². The average Bonchev–Trinajstić information content (AvgIpc) is 2.57. The Morgan fingerprint density at radius 2 is 1.72 bits per heavy atom. The first-order valence-corrected chi connectivity index (χ1v) is 7.83. The van der Waals surface area contributed by atoms with Crippen molar-refractivity contribution in [2.75, 3.05) is 5.32 Å². The molecule has 0 saturated heterocycles. The SMILES string of the molecule is CC(=O)Nc1cc(C(=O)NC(C)CC(=O)c2ccccc2)ccc1F. The van der Waals surface area contributed by atoms with E-state index in [1.54, 1.807) is 31.2 Å². The molecule has 0 fully saturated rings. The maximum atomic E-state index is 13.6. The van der Waals surface area contributed by atoms with Gasteiger partial charge in [-0.2, -0.15) is 0 Å². The molecule has 0 heterocycles. The summed E-state index contributed by atoms with van der Waals surface area (Å²) in [5.41, 5.74) is 0.718. The summed E-state index contributed by atoms with van der Waals surface area (Å²) in [6.07, 6.45) is 0.148. The molecule has 1 atom stereocenters. The molecule has 0 saturated carbocycles.